The van der Waals surface area contributed by atoms with Crippen LogP contribution in [0, 0.1) is 0 Å². The van der Waals surface area contributed by atoms with Crippen LogP contribution in [0.15, 0.2) is 42.5 Å². The maximum atomic E-state index is 12.9. The lowest BCUT2D eigenvalue weighted by Gasteiger charge is -2.18. The number of likely N-dealkylation sites (tertiary alicyclic amines) is 1. The zero-order valence-corrected chi connectivity index (χ0v) is 15.9. The highest BCUT2D eigenvalue weighted by atomic mass is 35.5. The first-order valence-electron chi connectivity index (χ1n) is 7.64. The SMILES string of the molecule is COc1cc(Cl)c(Cl)cc1C(=O)N1C[C@@H](N)[C@H](c2ccccc2)C1.Cl. The molecule has 1 heterocycles. The zero-order valence-electron chi connectivity index (χ0n) is 13.6. The van der Waals surface area contributed by atoms with E-state index >= 15 is 0 Å². The quantitative estimate of drug-likeness (QED) is 0.846. The van der Waals surface area contributed by atoms with Gasteiger partial charge in [-0.25, -0.2) is 0 Å². The number of nitrogens with two attached hydrogens (primary N) is 1. The van der Waals surface area contributed by atoms with Crippen LogP contribution in [-0.4, -0.2) is 37.0 Å². The second kappa shape index (κ2) is 8.28. The molecule has 25 heavy (non-hydrogen) atoms. The van der Waals surface area contributed by atoms with Gasteiger partial charge in [0.15, 0.2) is 0 Å². The van der Waals surface area contributed by atoms with Crippen LogP contribution >= 0.6 is 35.6 Å². The van der Waals surface area contributed by atoms with E-state index in [9.17, 15) is 4.79 Å². The van der Waals surface area contributed by atoms with Crippen molar-refractivity contribution in [2.45, 2.75) is 12.0 Å². The lowest BCUT2D eigenvalue weighted by atomic mass is 9.95. The number of halogens is 3. The van der Waals surface area contributed by atoms with E-state index in [1.807, 2.05) is 30.3 Å². The summed E-state index contributed by atoms with van der Waals surface area (Å²) >= 11 is 12.1. The Bertz CT molecular complexity index is 755. The summed E-state index contributed by atoms with van der Waals surface area (Å²) < 4.78 is 5.28. The van der Waals surface area contributed by atoms with Gasteiger partial charge in [-0.15, -0.1) is 12.4 Å². The third-order valence-electron chi connectivity index (χ3n) is 4.35. The Morgan fingerprint density at radius 2 is 1.80 bits per heavy atom. The third-order valence-corrected chi connectivity index (χ3v) is 5.08. The minimum Gasteiger partial charge on any atom is -0.496 e. The normalized spacial score (nSPS) is 19.4. The molecule has 2 atom stereocenters. The average molecular weight is 402 g/mol. The maximum Gasteiger partial charge on any atom is 0.257 e. The average Bonchev–Trinajstić information content (AvgIpc) is 2.99. The van der Waals surface area contributed by atoms with Crippen LogP contribution in [0.4, 0.5) is 0 Å². The molecule has 7 heteroatoms. The lowest BCUT2D eigenvalue weighted by molar-refractivity contribution is 0.0786. The van der Waals surface area contributed by atoms with Crippen LogP contribution in [-0.2, 0) is 0 Å². The lowest BCUT2D eigenvalue weighted by Crippen LogP contribution is -2.32. The second-order valence-electron chi connectivity index (χ2n) is 5.86. The topological polar surface area (TPSA) is 55.6 Å². The van der Waals surface area contributed by atoms with Gasteiger partial charge in [-0.1, -0.05) is 53.5 Å². The first-order valence-corrected chi connectivity index (χ1v) is 8.39. The molecule has 0 radical (unpaired) electrons. The molecule has 3 rings (SSSR count). The molecule has 0 spiro atoms. The van der Waals surface area contributed by atoms with Gasteiger partial charge in [0, 0.05) is 31.1 Å². The molecule has 0 aliphatic carbocycles. The molecule has 2 N–H and O–H groups in total. The van der Waals surface area contributed by atoms with Crippen LogP contribution in [0.5, 0.6) is 5.75 Å². The number of hydrogen-bond acceptors (Lipinski definition) is 3. The summed E-state index contributed by atoms with van der Waals surface area (Å²) in [5.41, 5.74) is 7.81. The molecule has 2 aromatic carbocycles. The molecule has 1 saturated heterocycles. The predicted molar refractivity (Wildman–Crippen MR) is 103 cm³/mol. The van der Waals surface area contributed by atoms with Crippen molar-refractivity contribution in [1.82, 2.24) is 4.90 Å². The molecule has 134 valence electrons. The van der Waals surface area contributed by atoms with Crippen LogP contribution < -0.4 is 10.5 Å². The van der Waals surface area contributed by atoms with E-state index < -0.39 is 0 Å². The fourth-order valence-electron chi connectivity index (χ4n) is 3.08. The van der Waals surface area contributed by atoms with Crippen molar-refractivity contribution in [3.8, 4) is 5.75 Å². The van der Waals surface area contributed by atoms with E-state index in [2.05, 4.69) is 0 Å². The molecule has 2 aromatic rings. The smallest absolute Gasteiger partial charge is 0.257 e. The third kappa shape index (κ3) is 4.04. The minimum absolute atomic E-state index is 0. The van der Waals surface area contributed by atoms with Crippen molar-refractivity contribution in [3.05, 3.63) is 63.6 Å². The van der Waals surface area contributed by atoms with Crippen LogP contribution in [0.3, 0.4) is 0 Å². The highest BCUT2D eigenvalue weighted by molar-refractivity contribution is 6.42. The molecule has 0 saturated carbocycles. The number of amides is 1. The van der Waals surface area contributed by atoms with E-state index in [4.69, 9.17) is 33.7 Å². The standard InChI is InChI=1S/C18H18Cl2N2O2.ClH/c1-24-17-8-15(20)14(19)7-12(17)18(23)22-9-13(16(21)10-22)11-5-3-2-4-6-11;/h2-8,13,16H,9-10,21H2,1H3;1H/t13-,16+;/m0./s1. The van der Waals surface area contributed by atoms with Crippen molar-refractivity contribution < 1.29 is 9.53 Å². The molecule has 1 aliphatic rings. The van der Waals surface area contributed by atoms with Crippen LogP contribution in [0.2, 0.25) is 10.0 Å². The number of nitrogens with zero attached hydrogens (tertiary/aromatic N) is 1. The predicted octanol–water partition coefficient (Wildman–Crippen LogP) is 3.99. The first-order chi connectivity index (χ1) is 11.5. The molecule has 0 aromatic heterocycles. The first kappa shape index (κ1) is 19.9. The summed E-state index contributed by atoms with van der Waals surface area (Å²) in [5.74, 6) is 0.370. The Hall–Kier alpha value is -1.46. The molecule has 0 bridgehead atoms. The Morgan fingerprint density at radius 3 is 2.44 bits per heavy atom. The van der Waals surface area contributed by atoms with Gasteiger partial charge in [0.2, 0.25) is 0 Å². The highest BCUT2D eigenvalue weighted by Crippen LogP contribution is 2.33. The van der Waals surface area contributed by atoms with E-state index in [1.165, 1.54) is 7.11 Å². The van der Waals surface area contributed by atoms with E-state index in [1.54, 1.807) is 17.0 Å². The number of carbonyl (C=O) groups excluding carboxylic acids is 1. The van der Waals surface area contributed by atoms with Gasteiger partial charge in [0.1, 0.15) is 5.75 Å². The molecule has 1 aliphatic heterocycles. The number of hydrogen-bond donors (Lipinski definition) is 1. The number of carbonyl (C=O) groups is 1. The number of rotatable bonds is 3. The van der Waals surface area contributed by atoms with Gasteiger partial charge in [0.05, 0.1) is 22.7 Å². The summed E-state index contributed by atoms with van der Waals surface area (Å²) in [6.07, 6.45) is 0. The molecular formula is C18H19Cl3N2O2. The van der Waals surface area contributed by atoms with Crippen LogP contribution in [0.25, 0.3) is 0 Å². The van der Waals surface area contributed by atoms with E-state index in [0.717, 1.165) is 5.56 Å². The number of benzene rings is 2. The molecule has 1 fully saturated rings. The largest absolute Gasteiger partial charge is 0.496 e. The van der Waals surface area contributed by atoms with Crippen molar-refractivity contribution in [3.63, 3.8) is 0 Å². The molecule has 1 amide bonds. The Balaban J connectivity index is 0.00000225. The Kier molecular flexibility index (Phi) is 6.58. The second-order valence-corrected chi connectivity index (χ2v) is 6.67. The van der Waals surface area contributed by atoms with Gasteiger partial charge in [0.25, 0.3) is 5.91 Å². The van der Waals surface area contributed by atoms with Crippen molar-refractivity contribution >= 4 is 41.5 Å². The monoisotopic (exact) mass is 400 g/mol. The maximum absolute atomic E-state index is 12.9. The van der Waals surface area contributed by atoms with Crippen molar-refractivity contribution in [1.29, 1.82) is 0 Å². The van der Waals surface area contributed by atoms with Gasteiger partial charge in [-0.2, -0.15) is 0 Å². The number of methoxy groups -OCH3 is 1. The van der Waals surface area contributed by atoms with Crippen molar-refractivity contribution in [2.24, 2.45) is 5.73 Å². The minimum atomic E-state index is -0.153. The summed E-state index contributed by atoms with van der Waals surface area (Å²) in [6, 6.07) is 13.0. The van der Waals surface area contributed by atoms with Gasteiger partial charge < -0.3 is 15.4 Å². The molecular weight excluding hydrogens is 383 g/mol. The van der Waals surface area contributed by atoms with Gasteiger partial charge in [-0.05, 0) is 11.6 Å². The zero-order chi connectivity index (χ0) is 17.3. The van der Waals surface area contributed by atoms with E-state index in [0.29, 0.717) is 34.4 Å². The van der Waals surface area contributed by atoms with Gasteiger partial charge in [-0.3, -0.25) is 4.79 Å². The summed E-state index contributed by atoms with van der Waals surface area (Å²) in [5, 5.41) is 0.675. The van der Waals surface area contributed by atoms with Crippen LogP contribution in [0.1, 0.15) is 21.8 Å². The molecule has 4 nitrogen and oxygen atoms in total. The fourth-order valence-corrected chi connectivity index (χ4v) is 3.40. The summed E-state index contributed by atoms with van der Waals surface area (Å²) in [4.78, 5) is 14.6. The Morgan fingerprint density at radius 1 is 1.16 bits per heavy atom. The molecule has 0 unspecified atom stereocenters. The van der Waals surface area contributed by atoms with Crippen molar-refractivity contribution in [2.75, 3.05) is 20.2 Å². The van der Waals surface area contributed by atoms with E-state index in [-0.39, 0.29) is 30.3 Å². The number of ether oxygens (including phenoxy) is 1. The summed E-state index contributed by atoms with van der Waals surface area (Å²) in [6.45, 7) is 1.05. The highest BCUT2D eigenvalue weighted by Gasteiger charge is 2.35. The Labute approximate surface area is 163 Å². The summed E-state index contributed by atoms with van der Waals surface area (Å²) in [7, 11) is 1.50. The van der Waals surface area contributed by atoms with Gasteiger partial charge >= 0.3 is 0 Å². The fraction of sp³-hybridized carbons (Fsp3) is 0.278.